The Morgan fingerprint density at radius 3 is 2.53 bits per heavy atom. The Morgan fingerprint density at radius 1 is 1.16 bits per heavy atom. The van der Waals surface area contributed by atoms with E-state index < -0.39 is 17.1 Å². The molecule has 1 aliphatic heterocycles. The van der Waals surface area contributed by atoms with Crippen molar-refractivity contribution in [2.24, 2.45) is 0 Å². The molecule has 3 aromatic rings. The number of hydrogen-bond donors (Lipinski definition) is 2. The second kappa shape index (κ2) is 10.7. The van der Waals surface area contributed by atoms with Crippen LogP contribution in [0.2, 0.25) is 0 Å². The summed E-state index contributed by atoms with van der Waals surface area (Å²) in [5.74, 6) is -0.953. The molecule has 1 aliphatic rings. The quantitative estimate of drug-likeness (QED) is 0.613. The SMILES string of the molecule is C=CCC.O=C(c1cc(Cn2c(=O)[nH]c(=O)c3ccccc32)ccc1F)N1CCNCC1. The number of nitrogens with zero attached hydrogens (tertiary/aromatic N) is 2. The molecule has 0 spiro atoms. The van der Waals surface area contributed by atoms with E-state index in [1.54, 1.807) is 29.2 Å². The fraction of sp³-hybridized carbons (Fsp3) is 0.292. The third-order valence-corrected chi connectivity index (χ3v) is 5.20. The molecule has 2 aromatic carbocycles. The number of carbonyl (C=O) groups is 1. The summed E-state index contributed by atoms with van der Waals surface area (Å²) in [5, 5.41) is 3.54. The second-order valence-corrected chi connectivity index (χ2v) is 7.42. The van der Waals surface area contributed by atoms with Crippen LogP contribution in [-0.4, -0.2) is 46.5 Å². The van der Waals surface area contributed by atoms with Crippen LogP contribution in [0.5, 0.6) is 0 Å². The summed E-state index contributed by atoms with van der Waals surface area (Å²) < 4.78 is 15.7. The minimum Gasteiger partial charge on any atom is -0.336 e. The average Bonchev–Trinajstić information content (AvgIpc) is 2.83. The first-order valence-corrected chi connectivity index (χ1v) is 10.6. The molecule has 1 saturated heterocycles. The molecule has 8 heteroatoms. The van der Waals surface area contributed by atoms with Crippen molar-refractivity contribution in [3.8, 4) is 0 Å². The van der Waals surface area contributed by atoms with Crippen LogP contribution in [0.25, 0.3) is 10.9 Å². The molecule has 1 amide bonds. The van der Waals surface area contributed by atoms with Gasteiger partial charge in [-0.15, -0.1) is 6.58 Å². The van der Waals surface area contributed by atoms with Gasteiger partial charge in [0.2, 0.25) is 0 Å². The number of aromatic nitrogens is 2. The van der Waals surface area contributed by atoms with Gasteiger partial charge in [-0.25, -0.2) is 9.18 Å². The van der Waals surface area contributed by atoms with Crippen molar-refractivity contribution in [2.75, 3.05) is 26.2 Å². The number of allylic oxidation sites excluding steroid dienone is 1. The number of halogens is 1. The average molecular weight is 439 g/mol. The van der Waals surface area contributed by atoms with E-state index in [0.29, 0.717) is 42.6 Å². The van der Waals surface area contributed by atoms with E-state index in [0.717, 1.165) is 6.42 Å². The van der Waals surface area contributed by atoms with Crippen LogP contribution in [0.1, 0.15) is 29.3 Å². The van der Waals surface area contributed by atoms with Crippen LogP contribution < -0.4 is 16.6 Å². The second-order valence-electron chi connectivity index (χ2n) is 7.42. The highest BCUT2D eigenvalue weighted by molar-refractivity contribution is 5.94. The van der Waals surface area contributed by atoms with Crippen LogP contribution in [-0.2, 0) is 6.54 Å². The van der Waals surface area contributed by atoms with E-state index in [9.17, 15) is 18.8 Å². The summed E-state index contributed by atoms with van der Waals surface area (Å²) in [6.45, 7) is 8.04. The Bertz CT molecular complexity index is 1230. The summed E-state index contributed by atoms with van der Waals surface area (Å²) in [6.07, 6.45) is 2.96. The first kappa shape index (κ1) is 23.1. The van der Waals surface area contributed by atoms with E-state index in [1.165, 1.54) is 22.8 Å². The van der Waals surface area contributed by atoms with Crippen molar-refractivity contribution in [2.45, 2.75) is 19.9 Å². The molecule has 7 nitrogen and oxygen atoms in total. The number of H-pyrrole nitrogens is 1. The number of aromatic amines is 1. The van der Waals surface area contributed by atoms with Crippen molar-refractivity contribution in [1.29, 1.82) is 0 Å². The highest BCUT2D eigenvalue weighted by Crippen LogP contribution is 2.16. The van der Waals surface area contributed by atoms with Crippen LogP contribution in [0.3, 0.4) is 0 Å². The molecule has 0 aliphatic carbocycles. The maximum Gasteiger partial charge on any atom is 0.329 e. The molecule has 4 rings (SSSR count). The third kappa shape index (κ3) is 5.20. The van der Waals surface area contributed by atoms with Gasteiger partial charge in [0.25, 0.3) is 11.5 Å². The number of nitrogens with one attached hydrogen (secondary N) is 2. The normalized spacial score (nSPS) is 13.4. The highest BCUT2D eigenvalue weighted by atomic mass is 19.1. The molecule has 0 atom stereocenters. The Hall–Kier alpha value is -3.52. The van der Waals surface area contributed by atoms with Crippen molar-refractivity contribution in [1.82, 2.24) is 19.8 Å². The lowest BCUT2D eigenvalue weighted by atomic mass is 10.1. The summed E-state index contributed by atoms with van der Waals surface area (Å²) in [6, 6.07) is 11.0. The standard InChI is InChI=1S/C20H19FN4O3.C4H8/c21-16-6-5-13(11-15(16)19(27)24-9-7-22-8-10-24)12-25-17-4-2-1-3-14(17)18(26)23-20(25)28;1-3-4-2/h1-6,11,22H,7-10,12H2,(H,23,26,28);3H,1,4H2,2H3. The van der Waals surface area contributed by atoms with Gasteiger partial charge >= 0.3 is 5.69 Å². The van der Waals surface area contributed by atoms with Crippen LogP contribution in [0.4, 0.5) is 4.39 Å². The van der Waals surface area contributed by atoms with Gasteiger partial charge in [0.1, 0.15) is 5.82 Å². The van der Waals surface area contributed by atoms with Gasteiger partial charge in [-0.2, -0.15) is 0 Å². The zero-order valence-corrected chi connectivity index (χ0v) is 18.1. The van der Waals surface area contributed by atoms with E-state index in [-0.39, 0.29) is 18.0 Å². The minimum absolute atomic E-state index is 0.0128. The number of piperazine rings is 1. The smallest absolute Gasteiger partial charge is 0.329 e. The lowest BCUT2D eigenvalue weighted by molar-refractivity contribution is 0.0731. The molecule has 0 bridgehead atoms. The van der Waals surface area contributed by atoms with Gasteiger partial charge < -0.3 is 10.2 Å². The predicted molar refractivity (Wildman–Crippen MR) is 124 cm³/mol. The monoisotopic (exact) mass is 438 g/mol. The lowest BCUT2D eigenvalue weighted by Gasteiger charge is -2.27. The van der Waals surface area contributed by atoms with Gasteiger partial charge in [0.15, 0.2) is 0 Å². The molecule has 0 radical (unpaired) electrons. The first-order valence-electron chi connectivity index (χ1n) is 10.6. The molecule has 32 heavy (non-hydrogen) atoms. The molecule has 0 saturated carbocycles. The molecule has 1 aromatic heterocycles. The highest BCUT2D eigenvalue weighted by Gasteiger charge is 2.21. The molecule has 2 heterocycles. The van der Waals surface area contributed by atoms with E-state index >= 15 is 0 Å². The van der Waals surface area contributed by atoms with Crippen molar-refractivity contribution in [3.05, 3.63) is 92.9 Å². The third-order valence-electron chi connectivity index (χ3n) is 5.20. The van der Waals surface area contributed by atoms with E-state index in [1.807, 2.05) is 6.08 Å². The summed E-state index contributed by atoms with van der Waals surface area (Å²) in [5.41, 5.74) is 0.0597. The fourth-order valence-corrected chi connectivity index (χ4v) is 3.45. The van der Waals surface area contributed by atoms with Gasteiger partial charge in [0.05, 0.1) is 23.0 Å². The molecule has 0 unspecified atom stereocenters. The molecule has 168 valence electrons. The van der Waals surface area contributed by atoms with E-state index in [4.69, 9.17) is 0 Å². The Balaban J connectivity index is 0.000000668. The molecular formula is C24H27FN4O3. The van der Waals surface area contributed by atoms with Gasteiger partial charge in [0, 0.05) is 26.2 Å². The Kier molecular flexibility index (Phi) is 7.72. The largest absolute Gasteiger partial charge is 0.336 e. The lowest BCUT2D eigenvalue weighted by Crippen LogP contribution is -2.46. The van der Waals surface area contributed by atoms with Gasteiger partial charge in [-0.3, -0.25) is 19.1 Å². The molecular weight excluding hydrogens is 411 g/mol. The Morgan fingerprint density at radius 2 is 1.84 bits per heavy atom. The number of fused-ring (bicyclic) bond motifs is 1. The molecule has 2 N–H and O–H groups in total. The molecule has 1 fully saturated rings. The number of amides is 1. The van der Waals surface area contributed by atoms with Crippen LogP contribution in [0, 0.1) is 5.82 Å². The maximum absolute atomic E-state index is 14.3. The summed E-state index contributed by atoms with van der Waals surface area (Å²) in [4.78, 5) is 40.9. The van der Waals surface area contributed by atoms with Crippen LogP contribution in [0.15, 0.2) is 64.7 Å². The van der Waals surface area contributed by atoms with E-state index in [2.05, 4.69) is 23.8 Å². The number of para-hydroxylation sites is 1. The number of carbonyl (C=O) groups excluding carboxylic acids is 1. The topological polar surface area (TPSA) is 87.2 Å². The first-order chi connectivity index (χ1) is 15.5. The number of benzene rings is 2. The number of hydrogen-bond acceptors (Lipinski definition) is 4. The zero-order chi connectivity index (χ0) is 23.1. The number of rotatable bonds is 4. The summed E-state index contributed by atoms with van der Waals surface area (Å²) in [7, 11) is 0. The predicted octanol–water partition coefficient (Wildman–Crippen LogP) is 2.51. The fourth-order valence-electron chi connectivity index (χ4n) is 3.45. The zero-order valence-electron chi connectivity index (χ0n) is 18.1. The van der Waals surface area contributed by atoms with Crippen LogP contribution >= 0.6 is 0 Å². The van der Waals surface area contributed by atoms with Crippen molar-refractivity contribution >= 4 is 16.8 Å². The Labute approximate surface area is 185 Å². The van der Waals surface area contributed by atoms with Gasteiger partial charge in [-0.05, 0) is 36.2 Å². The maximum atomic E-state index is 14.3. The van der Waals surface area contributed by atoms with Crippen molar-refractivity contribution < 1.29 is 9.18 Å². The summed E-state index contributed by atoms with van der Waals surface area (Å²) >= 11 is 0. The minimum atomic E-state index is -0.592. The van der Waals surface area contributed by atoms with Crippen molar-refractivity contribution in [3.63, 3.8) is 0 Å². The van der Waals surface area contributed by atoms with Gasteiger partial charge in [-0.1, -0.05) is 31.2 Å².